The largest absolute Gasteiger partial charge is 0.376 e. The van der Waals surface area contributed by atoms with Crippen molar-refractivity contribution in [1.29, 1.82) is 0 Å². The number of hydrogen-bond donors (Lipinski definition) is 2. The predicted octanol–water partition coefficient (Wildman–Crippen LogP) is 3.46. The van der Waals surface area contributed by atoms with Crippen molar-refractivity contribution in [2.24, 2.45) is 0 Å². The lowest BCUT2D eigenvalue weighted by Crippen LogP contribution is -2.11. The number of nitrogens with zero attached hydrogens (tertiary/aromatic N) is 3. The summed E-state index contributed by atoms with van der Waals surface area (Å²) in [6, 6.07) is 12.2. The van der Waals surface area contributed by atoms with Gasteiger partial charge in [0, 0.05) is 36.4 Å². The van der Waals surface area contributed by atoms with E-state index in [9.17, 15) is 8.42 Å². The molecule has 0 radical (unpaired) electrons. The van der Waals surface area contributed by atoms with Crippen LogP contribution in [-0.4, -0.2) is 32.7 Å². The van der Waals surface area contributed by atoms with E-state index in [4.69, 9.17) is 0 Å². The summed E-state index contributed by atoms with van der Waals surface area (Å²) in [4.78, 5) is 2.88. The predicted molar refractivity (Wildman–Crippen MR) is 106 cm³/mol. The Morgan fingerprint density at radius 1 is 1.04 bits per heavy atom. The second kappa shape index (κ2) is 7.30. The Kier molecular flexibility index (Phi) is 5.10. The molecule has 0 saturated heterocycles. The fourth-order valence-electron chi connectivity index (χ4n) is 2.19. The minimum absolute atomic E-state index is 0.299. The first-order valence-electron chi connectivity index (χ1n) is 7.80. The van der Waals surface area contributed by atoms with Crippen LogP contribution in [0.3, 0.4) is 0 Å². The number of thiophene rings is 1. The van der Waals surface area contributed by atoms with Crippen molar-refractivity contribution in [3.8, 4) is 0 Å². The smallest absolute Gasteiger partial charge is 0.271 e. The number of anilines is 4. The highest BCUT2D eigenvalue weighted by atomic mass is 32.2. The molecule has 0 bridgehead atoms. The van der Waals surface area contributed by atoms with E-state index >= 15 is 0 Å². The van der Waals surface area contributed by atoms with Crippen LogP contribution in [0.4, 0.5) is 22.9 Å². The molecular weight excluding hydrogens is 370 g/mol. The summed E-state index contributed by atoms with van der Waals surface area (Å²) in [7, 11) is 0.296. The monoisotopic (exact) mass is 389 g/mol. The fraction of sp³-hybridized carbons (Fsp3) is 0.176. The number of nitrogens with one attached hydrogen (secondary N) is 2. The summed E-state index contributed by atoms with van der Waals surface area (Å²) in [5.41, 5.74) is 2.21. The molecule has 0 aliphatic rings. The van der Waals surface area contributed by atoms with E-state index in [1.165, 1.54) is 11.3 Å². The fourth-order valence-corrected chi connectivity index (χ4v) is 4.54. The van der Waals surface area contributed by atoms with Crippen LogP contribution in [0.2, 0.25) is 0 Å². The summed E-state index contributed by atoms with van der Waals surface area (Å²) < 4.78 is 27.6. The SMILES string of the molecule is Cc1ccc(S(=O)(=O)Nc2ccc(Nc3cc(N(C)C)cnn3)cc2)s1. The van der Waals surface area contributed by atoms with Crippen LogP contribution in [0.25, 0.3) is 0 Å². The first-order valence-corrected chi connectivity index (χ1v) is 10.1. The topological polar surface area (TPSA) is 87.2 Å². The lowest BCUT2D eigenvalue weighted by molar-refractivity contribution is 0.603. The molecule has 136 valence electrons. The normalized spacial score (nSPS) is 11.2. The molecule has 7 nitrogen and oxygen atoms in total. The Morgan fingerprint density at radius 2 is 1.73 bits per heavy atom. The highest BCUT2D eigenvalue weighted by Gasteiger charge is 2.16. The molecule has 0 unspecified atom stereocenters. The van der Waals surface area contributed by atoms with E-state index in [0.29, 0.717) is 15.7 Å². The second-order valence-electron chi connectivity index (χ2n) is 5.87. The molecule has 0 amide bonds. The Balaban J connectivity index is 1.72. The lowest BCUT2D eigenvalue weighted by Gasteiger charge is -2.13. The molecule has 0 aliphatic heterocycles. The van der Waals surface area contributed by atoms with Crippen molar-refractivity contribution in [2.45, 2.75) is 11.1 Å². The van der Waals surface area contributed by atoms with Crippen LogP contribution in [0, 0.1) is 6.92 Å². The molecule has 3 rings (SSSR count). The molecule has 0 atom stereocenters. The summed E-state index contributed by atoms with van der Waals surface area (Å²) in [6.07, 6.45) is 1.68. The molecule has 2 aromatic heterocycles. The average molecular weight is 390 g/mol. The van der Waals surface area contributed by atoms with Crippen molar-refractivity contribution < 1.29 is 8.42 Å². The summed E-state index contributed by atoms with van der Waals surface area (Å²) in [5, 5.41) is 11.2. The van der Waals surface area contributed by atoms with E-state index < -0.39 is 10.0 Å². The third-order valence-electron chi connectivity index (χ3n) is 3.55. The van der Waals surface area contributed by atoms with Crippen LogP contribution in [-0.2, 0) is 10.0 Å². The quantitative estimate of drug-likeness (QED) is 0.671. The maximum absolute atomic E-state index is 12.4. The van der Waals surface area contributed by atoms with Gasteiger partial charge in [0.2, 0.25) is 0 Å². The van der Waals surface area contributed by atoms with Gasteiger partial charge in [0.25, 0.3) is 10.0 Å². The minimum atomic E-state index is -3.56. The molecule has 1 aromatic carbocycles. The molecule has 0 spiro atoms. The van der Waals surface area contributed by atoms with Gasteiger partial charge in [-0.3, -0.25) is 4.72 Å². The number of hydrogen-bond acceptors (Lipinski definition) is 7. The van der Waals surface area contributed by atoms with Crippen molar-refractivity contribution in [3.05, 3.63) is 53.5 Å². The number of sulfonamides is 1. The molecule has 0 saturated carbocycles. The number of aromatic nitrogens is 2. The summed E-state index contributed by atoms with van der Waals surface area (Å²) in [5.74, 6) is 0.610. The van der Waals surface area contributed by atoms with Gasteiger partial charge in [-0.1, -0.05) is 0 Å². The number of aryl methyl sites for hydroxylation is 1. The van der Waals surface area contributed by atoms with Crippen molar-refractivity contribution in [1.82, 2.24) is 10.2 Å². The number of benzene rings is 1. The Hall–Kier alpha value is -2.65. The maximum atomic E-state index is 12.4. The summed E-state index contributed by atoms with van der Waals surface area (Å²) in [6.45, 7) is 1.87. The van der Waals surface area contributed by atoms with Crippen molar-refractivity contribution >= 4 is 44.2 Å². The zero-order valence-corrected chi connectivity index (χ0v) is 16.2. The van der Waals surface area contributed by atoms with E-state index in [-0.39, 0.29) is 0 Å². The third kappa shape index (κ3) is 4.30. The van der Waals surface area contributed by atoms with E-state index in [1.54, 1.807) is 42.6 Å². The average Bonchev–Trinajstić information content (AvgIpc) is 3.04. The molecule has 2 N–H and O–H groups in total. The molecular formula is C17H19N5O2S2. The van der Waals surface area contributed by atoms with Crippen LogP contribution < -0.4 is 14.9 Å². The molecule has 2 heterocycles. The van der Waals surface area contributed by atoms with Gasteiger partial charge in [-0.2, -0.15) is 5.10 Å². The third-order valence-corrected chi connectivity index (χ3v) is 6.42. The maximum Gasteiger partial charge on any atom is 0.271 e. The van der Waals surface area contributed by atoms with Crippen molar-refractivity contribution in [3.63, 3.8) is 0 Å². The minimum Gasteiger partial charge on any atom is -0.376 e. The van der Waals surface area contributed by atoms with Crippen LogP contribution in [0.1, 0.15) is 4.88 Å². The Morgan fingerprint density at radius 3 is 2.35 bits per heavy atom. The van der Waals surface area contributed by atoms with Gasteiger partial charge in [-0.25, -0.2) is 8.42 Å². The van der Waals surface area contributed by atoms with Gasteiger partial charge in [0.05, 0.1) is 11.9 Å². The van der Waals surface area contributed by atoms with Gasteiger partial charge in [-0.05, 0) is 43.3 Å². The van der Waals surface area contributed by atoms with Crippen LogP contribution >= 0.6 is 11.3 Å². The molecule has 0 fully saturated rings. The molecule has 0 aliphatic carbocycles. The zero-order valence-electron chi connectivity index (χ0n) is 14.6. The highest BCUT2D eigenvalue weighted by Crippen LogP contribution is 2.25. The van der Waals surface area contributed by atoms with Gasteiger partial charge in [-0.15, -0.1) is 16.4 Å². The Labute approximate surface area is 156 Å². The molecule has 9 heteroatoms. The number of rotatable bonds is 6. The van der Waals surface area contributed by atoms with Crippen LogP contribution in [0.5, 0.6) is 0 Å². The van der Waals surface area contributed by atoms with Gasteiger partial charge in [0.1, 0.15) is 4.21 Å². The van der Waals surface area contributed by atoms with Crippen LogP contribution in [0.15, 0.2) is 52.9 Å². The molecule has 26 heavy (non-hydrogen) atoms. The van der Waals surface area contributed by atoms with Crippen molar-refractivity contribution in [2.75, 3.05) is 29.0 Å². The van der Waals surface area contributed by atoms with Gasteiger partial charge in [0.15, 0.2) is 5.82 Å². The highest BCUT2D eigenvalue weighted by molar-refractivity contribution is 7.94. The summed E-state index contributed by atoms with van der Waals surface area (Å²) >= 11 is 1.24. The van der Waals surface area contributed by atoms with Gasteiger partial charge < -0.3 is 10.2 Å². The standard InChI is InChI=1S/C17H19N5O2S2/c1-12-4-9-17(25-12)26(23,24)21-14-7-5-13(6-8-14)19-16-10-15(22(2)3)11-18-20-16/h4-11,21H,1-3H3,(H,19,20). The van der Waals surface area contributed by atoms with E-state index in [1.807, 2.05) is 32.0 Å². The lowest BCUT2D eigenvalue weighted by atomic mass is 10.3. The Bertz CT molecular complexity index is 998. The first-order chi connectivity index (χ1) is 12.3. The van der Waals surface area contributed by atoms with E-state index in [2.05, 4.69) is 20.2 Å². The zero-order chi connectivity index (χ0) is 18.7. The first kappa shape index (κ1) is 18.2. The molecule has 3 aromatic rings. The van der Waals surface area contributed by atoms with E-state index in [0.717, 1.165) is 16.3 Å². The van der Waals surface area contributed by atoms with Gasteiger partial charge >= 0.3 is 0 Å². The second-order valence-corrected chi connectivity index (χ2v) is 9.06.